The molecule has 2 aromatic rings. The molecule has 0 aliphatic carbocycles. The van der Waals surface area contributed by atoms with Crippen LogP contribution < -0.4 is 15.8 Å². The summed E-state index contributed by atoms with van der Waals surface area (Å²) in [7, 11) is 0. The molecule has 0 saturated heterocycles. The van der Waals surface area contributed by atoms with Gasteiger partial charge in [0.05, 0.1) is 11.1 Å². The van der Waals surface area contributed by atoms with Gasteiger partial charge in [0, 0.05) is 35.6 Å². The van der Waals surface area contributed by atoms with Crippen molar-refractivity contribution in [2.45, 2.75) is 12.5 Å². The summed E-state index contributed by atoms with van der Waals surface area (Å²) < 4.78 is 6.54. The molecule has 1 amide bonds. The zero-order valence-electron chi connectivity index (χ0n) is 11.2. The molecule has 2 heterocycles. The van der Waals surface area contributed by atoms with Crippen molar-refractivity contribution in [1.29, 1.82) is 0 Å². The Balaban J connectivity index is 1.70. The maximum atomic E-state index is 11.6. The molecule has 0 fully saturated rings. The Bertz CT molecular complexity index is 676. The van der Waals surface area contributed by atoms with Crippen LogP contribution in [-0.4, -0.2) is 17.5 Å². The van der Waals surface area contributed by atoms with Crippen LogP contribution in [0, 0.1) is 0 Å². The molecule has 0 saturated carbocycles. The molecular formula is C15H14BrN3O2. The van der Waals surface area contributed by atoms with E-state index in [1.807, 2.05) is 24.3 Å². The summed E-state index contributed by atoms with van der Waals surface area (Å²) >= 11 is 3.45. The van der Waals surface area contributed by atoms with E-state index in [0.29, 0.717) is 18.0 Å². The highest BCUT2D eigenvalue weighted by molar-refractivity contribution is 9.10. The Morgan fingerprint density at radius 1 is 1.38 bits per heavy atom. The topological polar surface area (TPSA) is 77.2 Å². The first-order chi connectivity index (χ1) is 10.1. The number of hydrogen-bond donors (Lipinski definition) is 2. The van der Waals surface area contributed by atoms with Crippen molar-refractivity contribution in [2.75, 3.05) is 11.9 Å². The van der Waals surface area contributed by atoms with E-state index in [4.69, 9.17) is 10.5 Å². The summed E-state index contributed by atoms with van der Waals surface area (Å²) in [5.74, 6) is 0.488. The minimum atomic E-state index is -0.612. The molecule has 1 aliphatic heterocycles. The highest BCUT2D eigenvalue weighted by Gasteiger charge is 2.28. The maximum absolute atomic E-state index is 11.6. The molecule has 3 N–H and O–H groups in total. The number of rotatable bonds is 4. The third-order valence-electron chi connectivity index (χ3n) is 3.32. The number of fused-ring (bicyclic) bond motifs is 1. The highest BCUT2D eigenvalue weighted by Crippen LogP contribution is 2.37. The Labute approximate surface area is 130 Å². The Morgan fingerprint density at radius 3 is 3.00 bits per heavy atom. The zero-order valence-corrected chi connectivity index (χ0v) is 12.8. The van der Waals surface area contributed by atoms with E-state index in [9.17, 15) is 4.79 Å². The first kappa shape index (κ1) is 14.0. The maximum Gasteiger partial charge on any atom is 0.245 e. The zero-order chi connectivity index (χ0) is 14.8. The van der Waals surface area contributed by atoms with Gasteiger partial charge in [0.25, 0.3) is 0 Å². The van der Waals surface area contributed by atoms with Gasteiger partial charge in [-0.05, 0) is 34.1 Å². The van der Waals surface area contributed by atoms with E-state index in [1.165, 1.54) is 0 Å². The predicted octanol–water partition coefficient (Wildman–Crippen LogP) is 2.42. The van der Waals surface area contributed by atoms with Gasteiger partial charge in [-0.2, -0.15) is 0 Å². The number of anilines is 1. The predicted molar refractivity (Wildman–Crippen MR) is 83.1 cm³/mol. The van der Waals surface area contributed by atoms with Gasteiger partial charge in [-0.3, -0.25) is 9.78 Å². The lowest BCUT2D eigenvalue weighted by Crippen LogP contribution is -2.19. The second kappa shape index (κ2) is 5.83. The molecular weight excluding hydrogens is 334 g/mol. The number of hydrogen-bond acceptors (Lipinski definition) is 4. The summed E-state index contributed by atoms with van der Waals surface area (Å²) in [5.41, 5.74) is 8.27. The molecule has 0 spiro atoms. The number of ether oxygens (including phenoxy) is 1. The number of nitrogens with zero attached hydrogens (tertiary/aromatic N) is 1. The summed E-state index contributed by atoms with van der Waals surface area (Å²) in [6.07, 6.45) is 2.48. The van der Waals surface area contributed by atoms with Crippen molar-refractivity contribution >= 4 is 27.5 Å². The van der Waals surface area contributed by atoms with Crippen molar-refractivity contribution in [1.82, 2.24) is 4.98 Å². The average molecular weight is 348 g/mol. The quantitative estimate of drug-likeness (QED) is 0.890. The lowest BCUT2D eigenvalue weighted by molar-refractivity contribution is -0.116. The first-order valence-electron chi connectivity index (χ1n) is 6.58. The fraction of sp³-hybridized carbons (Fsp3) is 0.200. The van der Waals surface area contributed by atoms with E-state index in [1.54, 1.807) is 12.3 Å². The Morgan fingerprint density at radius 2 is 2.24 bits per heavy atom. The van der Waals surface area contributed by atoms with Gasteiger partial charge in [-0.1, -0.05) is 6.07 Å². The van der Waals surface area contributed by atoms with Crippen LogP contribution in [0.3, 0.4) is 0 Å². The second-order valence-electron chi connectivity index (χ2n) is 4.76. The SMILES string of the molecule is NC1C(=O)Nc2cc(OCCc3ccccn3)c(Br)cc21. The molecule has 108 valence electrons. The number of nitrogens with one attached hydrogen (secondary N) is 1. The molecule has 0 radical (unpaired) electrons. The molecule has 1 atom stereocenters. The van der Waals surface area contributed by atoms with E-state index in [2.05, 4.69) is 26.2 Å². The largest absolute Gasteiger partial charge is 0.492 e. The molecule has 21 heavy (non-hydrogen) atoms. The van der Waals surface area contributed by atoms with E-state index >= 15 is 0 Å². The fourth-order valence-corrected chi connectivity index (χ4v) is 2.68. The number of carbonyl (C=O) groups is 1. The van der Waals surface area contributed by atoms with Crippen molar-refractivity contribution in [3.63, 3.8) is 0 Å². The Hall–Kier alpha value is -1.92. The van der Waals surface area contributed by atoms with Gasteiger partial charge >= 0.3 is 0 Å². The van der Waals surface area contributed by atoms with Crippen LogP contribution in [0.1, 0.15) is 17.3 Å². The summed E-state index contributed by atoms with van der Waals surface area (Å²) in [6.45, 7) is 0.508. The molecule has 6 heteroatoms. The molecule has 1 aliphatic rings. The molecule has 0 bridgehead atoms. The van der Waals surface area contributed by atoms with E-state index < -0.39 is 6.04 Å². The highest BCUT2D eigenvalue weighted by atomic mass is 79.9. The van der Waals surface area contributed by atoms with Gasteiger partial charge in [0.2, 0.25) is 5.91 Å². The van der Waals surface area contributed by atoms with Crippen LogP contribution in [0.15, 0.2) is 41.0 Å². The number of benzene rings is 1. The lowest BCUT2D eigenvalue weighted by atomic mass is 10.1. The van der Waals surface area contributed by atoms with E-state index in [-0.39, 0.29) is 5.91 Å². The van der Waals surface area contributed by atoms with E-state index in [0.717, 1.165) is 22.2 Å². The molecule has 1 unspecified atom stereocenters. The van der Waals surface area contributed by atoms with Crippen LogP contribution in [0.2, 0.25) is 0 Å². The number of carbonyl (C=O) groups excluding carboxylic acids is 1. The molecule has 1 aromatic heterocycles. The summed E-state index contributed by atoms with van der Waals surface area (Å²) in [5, 5.41) is 2.75. The second-order valence-corrected chi connectivity index (χ2v) is 5.61. The monoisotopic (exact) mass is 347 g/mol. The minimum Gasteiger partial charge on any atom is -0.492 e. The van der Waals surface area contributed by atoms with Gasteiger partial charge in [-0.15, -0.1) is 0 Å². The van der Waals surface area contributed by atoms with Crippen molar-refractivity contribution < 1.29 is 9.53 Å². The molecule has 3 rings (SSSR count). The van der Waals surface area contributed by atoms with Crippen molar-refractivity contribution in [3.05, 3.63) is 52.3 Å². The number of halogens is 1. The van der Waals surface area contributed by atoms with Crippen LogP contribution in [0.25, 0.3) is 0 Å². The van der Waals surface area contributed by atoms with Crippen LogP contribution in [-0.2, 0) is 11.2 Å². The van der Waals surface area contributed by atoms with Gasteiger partial charge in [0.15, 0.2) is 0 Å². The van der Waals surface area contributed by atoms with Gasteiger partial charge in [0.1, 0.15) is 11.8 Å². The third-order valence-corrected chi connectivity index (χ3v) is 3.94. The number of nitrogens with two attached hydrogens (primary N) is 1. The average Bonchev–Trinajstić information content (AvgIpc) is 2.76. The normalized spacial score (nSPS) is 16.5. The standard InChI is InChI=1S/C15H14BrN3O2/c16-11-7-10-12(19-15(20)14(10)17)8-13(11)21-6-4-9-3-1-2-5-18-9/h1-3,5,7-8,14H,4,6,17H2,(H,19,20). The molecule has 5 nitrogen and oxygen atoms in total. The summed E-state index contributed by atoms with van der Waals surface area (Å²) in [6, 6.07) is 8.80. The van der Waals surface area contributed by atoms with Crippen LogP contribution >= 0.6 is 15.9 Å². The van der Waals surface area contributed by atoms with Gasteiger partial charge < -0.3 is 15.8 Å². The Kier molecular flexibility index (Phi) is 3.90. The van der Waals surface area contributed by atoms with Crippen molar-refractivity contribution in [2.24, 2.45) is 5.73 Å². The smallest absolute Gasteiger partial charge is 0.245 e. The third kappa shape index (κ3) is 2.91. The van der Waals surface area contributed by atoms with Crippen LogP contribution in [0.5, 0.6) is 5.75 Å². The lowest BCUT2D eigenvalue weighted by Gasteiger charge is -2.10. The van der Waals surface area contributed by atoms with Crippen LogP contribution in [0.4, 0.5) is 5.69 Å². The minimum absolute atomic E-state index is 0.192. The van der Waals surface area contributed by atoms with Gasteiger partial charge in [-0.25, -0.2) is 0 Å². The number of aromatic nitrogens is 1. The number of pyridine rings is 1. The molecule has 1 aromatic carbocycles. The fourth-order valence-electron chi connectivity index (χ4n) is 2.21. The van der Waals surface area contributed by atoms with Crippen molar-refractivity contribution in [3.8, 4) is 5.75 Å². The summed E-state index contributed by atoms with van der Waals surface area (Å²) in [4.78, 5) is 15.8. The number of amides is 1. The first-order valence-corrected chi connectivity index (χ1v) is 7.37.